The molecule has 0 saturated carbocycles. The van der Waals surface area contributed by atoms with Crippen molar-refractivity contribution >= 4 is 28.8 Å². The second-order valence-corrected chi connectivity index (χ2v) is 10.5. The van der Waals surface area contributed by atoms with Crippen LogP contribution in [0.1, 0.15) is 46.6 Å². The molecule has 0 bridgehead atoms. The van der Waals surface area contributed by atoms with Crippen molar-refractivity contribution in [3.05, 3.63) is 47.3 Å². The number of para-hydroxylation sites is 1. The lowest BCUT2D eigenvalue weighted by atomic mass is 9.98. The maximum Gasteiger partial charge on any atom is 0.251 e. The predicted molar refractivity (Wildman–Crippen MR) is 131 cm³/mol. The van der Waals surface area contributed by atoms with E-state index in [1.807, 2.05) is 83.3 Å². The molecule has 0 aliphatic heterocycles. The highest BCUT2D eigenvalue weighted by atomic mass is 32.1. The molecule has 1 N–H and O–H groups in total. The number of aryl methyl sites for hydroxylation is 1. The largest absolute Gasteiger partial charge is 0.350 e. The third-order valence-corrected chi connectivity index (χ3v) is 5.79. The van der Waals surface area contributed by atoms with E-state index in [0.717, 1.165) is 10.4 Å². The van der Waals surface area contributed by atoms with Gasteiger partial charge in [-0.2, -0.15) is 4.80 Å². The molecule has 176 valence electrons. The van der Waals surface area contributed by atoms with Gasteiger partial charge < -0.3 is 5.32 Å². The Bertz CT molecular complexity index is 1080. The summed E-state index contributed by atoms with van der Waals surface area (Å²) < 4.78 is 0. The normalized spacial score (nSPS) is 12.6. The number of nitrogens with zero attached hydrogens (tertiary/aromatic N) is 5. The van der Waals surface area contributed by atoms with E-state index in [-0.39, 0.29) is 24.3 Å². The van der Waals surface area contributed by atoms with Crippen LogP contribution >= 0.6 is 11.3 Å². The highest BCUT2D eigenvalue weighted by Crippen LogP contribution is 2.26. The van der Waals surface area contributed by atoms with E-state index in [9.17, 15) is 9.59 Å². The van der Waals surface area contributed by atoms with Crippen LogP contribution in [0.3, 0.4) is 0 Å². The molecule has 2 aromatic heterocycles. The van der Waals surface area contributed by atoms with Gasteiger partial charge in [-0.05, 0) is 68.3 Å². The Balaban J connectivity index is 1.96. The molecule has 0 saturated heterocycles. The Morgan fingerprint density at radius 3 is 2.48 bits per heavy atom. The minimum Gasteiger partial charge on any atom is -0.350 e. The smallest absolute Gasteiger partial charge is 0.251 e. The van der Waals surface area contributed by atoms with E-state index < -0.39 is 11.6 Å². The fourth-order valence-corrected chi connectivity index (χ4v) is 4.20. The summed E-state index contributed by atoms with van der Waals surface area (Å²) in [4.78, 5) is 30.8. The van der Waals surface area contributed by atoms with Crippen molar-refractivity contribution in [2.24, 2.45) is 5.92 Å². The van der Waals surface area contributed by atoms with E-state index >= 15 is 0 Å². The fourth-order valence-electron chi connectivity index (χ4n) is 3.55. The number of carbonyl (C=O) groups is 2. The van der Waals surface area contributed by atoms with Gasteiger partial charge in [0.15, 0.2) is 0 Å². The Hall–Kier alpha value is -3.07. The first-order valence-electron chi connectivity index (χ1n) is 11.1. The molecule has 1 atom stereocenters. The van der Waals surface area contributed by atoms with Crippen LogP contribution in [0.4, 0.5) is 5.69 Å². The second-order valence-electron chi connectivity index (χ2n) is 9.56. The van der Waals surface area contributed by atoms with Gasteiger partial charge in [0.25, 0.3) is 5.91 Å². The van der Waals surface area contributed by atoms with Gasteiger partial charge in [0, 0.05) is 11.2 Å². The predicted octanol–water partition coefficient (Wildman–Crippen LogP) is 4.07. The van der Waals surface area contributed by atoms with Crippen molar-refractivity contribution in [1.82, 2.24) is 25.5 Å². The minimum atomic E-state index is -0.668. The number of thiophene rings is 1. The standard InChI is InChI=1S/C24H32N6O2S/c1-16(2)14-19(23(32)25-24(4,5)6)30(18-11-8-7-10-17(18)3)21(31)15-29-27-22(26-28-29)20-12-9-13-33-20/h7-13,16,19H,14-15H2,1-6H3,(H,25,32). The highest BCUT2D eigenvalue weighted by Gasteiger charge is 2.34. The molecule has 1 aromatic carbocycles. The first-order valence-corrected chi connectivity index (χ1v) is 11.9. The molecule has 0 spiro atoms. The lowest BCUT2D eigenvalue weighted by Crippen LogP contribution is -2.55. The zero-order chi connectivity index (χ0) is 24.2. The van der Waals surface area contributed by atoms with Gasteiger partial charge in [-0.1, -0.05) is 38.1 Å². The molecule has 0 aliphatic rings. The number of benzene rings is 1. The number of hydrogen-bond donors (Lipinski definition) is 1. The molecule has 0 radical (unpaired) electrons. The molecule has 9 heteroatoms. The number of anilines is 1. The van der Waals surface area contributed by atoms with Crippen LogP contribution in [0.5, 0.6) is 0 Å². The summed E-state index contributed by atoms with van der Waals surface area (Å²) >= 11 is 1.51. The van der Waals surface area contributed by atoms with Gasteiger partial charge in [-0.3, -0.25) is 14.5 Å². The molecule has 0 aliphatic carbocycles. The zero-order valence-corrected chi connectivity index (χ0v) is 20.9. The Morgan fingerprint density at radius 2 is 1.88 bits per heavy atom. The summed E-state index contributed by atoms with van der Waals surface area (Å²) in [6.07, 6.45) is 0.521. The van der Waals surface area contributed by atoms with E-state index in [0.29, 0.717) is 17.9 Å². The average Bonchev–Trinajstić information content (AvgIpc) is 3.39. The van der Waals surface area contributed by atoms with Crippen LogP contribution in [-0.2, 0) is 16.1 Å². The lowest BCUT2D eigenvalue weighted by Gasteiger charge is -2.35. The Morgan fingerprint density at radius 1 is 1.15 bits per heavy atom. The van der Waals surface area contributed by atoms with Crippen LogP contribution in [-0.4, -0.2) is 43.6 Å². The van der Waals surface area contributed by atoms with Gasteiger partial charge in [-0.25, -0.2) is 0 Å². The van der Waals surface area contributed by atoms with Gasteiger partial charge in [-0.15, -0.1) is 21.5 Å². The first-order chi connectivity index (χ1) is 15.5. The number of hydrogen-bond acceptors (Lipinski definition) is 6. The average molecular weight is 469 g/mol. The summed E-state index contributed by atoms with van der Waals surface area (Å²) in [7, 11) is 0. The molecule has 33 heavy (non-hydrogen) atoms. The van der Waals surface area contributed by atoms with Crippen molar-refractivity contribution in [2.45, 2.75) is 66.1 Å². The lowest BCUT2D eigenvalue weighted by molar-refractivity contribution is -0.128. The maximum atomic E-state index is 13.7. The summed E-state index contributed by atoms with van der Waals surface area (Å²) in [6.45, 7) is 11.7. The van der Waals surface area contributed by atoms with Crippen LogP contribution in [0.15, 0.2) is 41.8 Å². The number of aromatic nitrogens is 4. The van der Waals surface area contributed by atoms with Gasteiger partial charge in [0.2, 0.25) is 11.7 Å². The number of amides is 2. The zero-order valence-electron chi connectivity index (χ0n) is 20.1. The van der Waals surface area contributed by atoms with E-state index in [1.165, 1.54) is 16.1 Å². The molecular weight excluding hydrogens is 436 g/mol. The molecule has 0 fully saturated rings. The number of tetrazole rings is 1. The molecular formula is C24H32N6O2S. The van der Waals surface area contributed by atoms with Crippen LogP contribution in [0.25, 0.3) is 10.7 Å². The topological polar surface area (TPSA) is 93.0 Å². The van der Waals surface area contributed by atoms with Crippen LogP contribution < -0.4 is 10.2 Å². The monoisotopic (exact) mass is 468 g/mol. The quantitative estimate of drug-likeness (QED) is 0.538. The van der Waals surface area contributed by atoms with Gasteiger partial charge in [0.05, 0.1) is 4.88 Å². The molecule has 2 heterocycles. The summed E-state index contributed by atoms with van der Waals surface area (Å²) in [5, 5.41) is 17.5. The number of nitrogens with one attached hydrogen (secondary N) is 1. The highest BCUT2D eigenvalue weighted by molar-refractivity contribution is 7.13. The SMILES string of the molecule is Cc1ccccc1N(C(=O)Cn1nnc(-c2cccs2)n1)C(CC(C)C)C(=O)NC(C)(C)C. The van der Waals surface area contributed by atoms with Crippen molar-refractivity contribution < 1.29 is 9.59 Å². The summed E-state index contributed by atoms with van der Waals surface area (Å²) in [6, 6.07) is 10.8. The third kappa shape index (κ3) is 6.47. The molecule has 8 nitrogen and oxygen atoms in total. The molecule has 1 unspecified atom stereocenters. The van der Waals surface area contributed by atoms with Crippen LogP contribution in [0.2, 0.25) is 0 Å². The van der Waals surface area contributed by atoms with Gasteiger partial charge in [0.1, 0.15) is 12.6 Å². The van der Waals surface area contributed by atoms with E-state index in [4.69, 9.17) is 0 Å². The van der Waals surface area contributed by atoms with Gasteiger partial charge >= 0.3 is 0 Å². The number of rotatable bonds is 8. The fraction of sp³-hybridized carbons (Fsp3) is 0.458. The van der Waals surface area contributed by atoms with E-state index in [2.05, 4.69) is 20.7 Å². The van der Waals surface area contributed by atoms with Crippen molar-refractivity contribution in [1.29, 1.82) is 0 Å². The summed E-state index contributed by atoms with van der Waals surface area (Å²) in [5.41, 5.74) is 1.19. The Kier molecular flexibility index (Phi) is 7.63. The van der Waals surface area contributed by atoms with Crippen molar-refractivity contribution in [3.8, 4) is 10.7 Å². The van der Waals surface area contributed by atoms with Crippen LogP contribution in [0, 0.1) is 12.8 Å². The second kappa shape index (κ2) is 10.2. The minimum absolute atomic E-state index is 0.121. The Labute approximate surface area is 199 Å². The first kappa shape index (κ1) is 24.6. The molecule has 3 aromatic rings. The molecule has 3 rings (SSSR count). The van der Waals surface area contributed by atoms with E-state index in [1.54, 1.807) is 4.90 Å². The number of carbonyl (C=O) groups excluding carboxylic acids is 2. The summed E-state index contributed by atoms with van der Waals surface area (Å²) in [5.74, 6) is 0.229. The third-order valence-electron chi connectivity index (χ3n) is 4.92. The van der Waals surface area contributed by atoms with Crippen molar-refractivity contribution in [3.63, 3.8) is 0 Å². The maximum absolute atomic E-state index is 13.7. The molecule has 2 amide bonds. The van der Waals surface area contributed by atoms with Crippen molar-refractivity contribution in [2.75, 3.05) is 4.90 Å².